The Balaban J connectivity index is 2.21. The standard InChI is InChI=1S/C20H21ClN2O3S/c1-12(2)20(24)23-11-17(13(3)22-27(25)26)16-9-8-14(10-19(16)23)15-6-4-5-7-18(15)21/h4-13,22H,1-3H3,(H,25,26). The van der Waals surface area contributed by atoms with Gasteiger partial charge in [-0.15, -0.1) is 0 Å². The summed E-state index contributed by atoms with van der Waals surface area (Å²) < 4.78 is 24.5. The fourth-order valence-corrected chi connectivity index (χ4v) is 3.81. The van der Waals surface area contributed by atoms with E-state index >= 15 is 0 Å². The fourth-order valence-electron chi connectivity index (χ4n) is 3.14. The first-order chi connectivity index (χ1) is 12.8. The van der Waals surface area contributed by atoms with E-state index < -0.39 is 17.3 Å². The SMILES string of the molecule is CC(C)C(=O)n1cc(C(C)NS(=O)O)c2ccc(-c3ccccc3Cl)cc21. The van der Waals surface area contributed by atoms with Crippen molar-refractivity contribution in [1.82, 2.24) is 9.29 Å². The van der Waals surface area contributed by atoms with Gasteiger partial charge in [-0.2, -0.15) is 0 Å². The van der Waals surface area contributed by atoms with Gasteiger partial charge in [0.25, 0.3) is 0 Å². The first kappa shape index (κ1) is 19.8. The van der Waals surface area contributed by atoms with Crippen LogP contribution in [-0.2, 0) is 11.3 Å². The number of rotatable bonds is 5. The molecule has 0 aliphatic rings. The maximum absolute atomic E-state index is 12.7. The maximum Gasteiger partial charge on any atom is 0.233 e. The molecule has 0 aliphatic carbocycles. The lowest BCUT2D eigenvalue weighted by atomic mass is 10.0. The van der Waals surface area contributed by atoms with Gasteiger partial charge in [-0.3, -0.25) is 13.9 Å². The number of nitrogens with zero attached hydrogens (tertiary/aromatic N) is 1. The fraction of sp³-hybridized carbons (Fsp3) is 0.250. The lowest BCUT2D eigenvalue weighted by Gasteiger charge is -2.10. The lowest BCUT2D eigenvalue weighted by Crippen LogP contribution is -2.20. The predicted octanol–water partition coefficient (Wildman–Crippen LogP) is 5.05. The molecule has 0 saturated carbocycles. The number of aromatic nitrogens is 1. The molecule has 0 saturated heterocycles. The van der Waals surface area contributed by atoms with E-state index in [-0.39, 0.29) is 11.8 Å². The van der Waals surface area contributed by atoms with Gasteiger partial charge in [-0.05, 0) is 30.2 Å². The van der Waals surface area contributed by atoms with E-state index in [0.717, 1.165) is 27.6 Å². The van der Waals surface area contributed by atoms with Crippen molar-refractivity contribution in [2.24, 2.45) is 5.92 Å². The summed E-state index contributed by atoms with van der Waals surface area (Å²) in [6, 6.07) is 12.9. The molecule has 0 aliphatic heterocycles. The third-order valence-corrected chi connectivity index (χ3v) is 5.38. The first-order valence-electron chi connectivity index (χ1n) is 8.60. The Morgan fingerprint density at radius 3 is 2.52 bits per heavy atom. The largest absolute Gasteiger partial charge is 0.294 e. The molecule has 0 fully saturated rings. The molecular formula is C20H21ClN2O3S. The molecule has 3 rings (SSSR count). The van der Waals surface area contributed by atoms with E-state index in [1.165, 1.54) is 0 Å². The molecule has 2 unspecified atom stereocenters. The maximum atomic E-state index is 12.7. The lowest BCUT2D eigenvalue weighted by molar-refractivity contribution is 0.0860. The second-order valence-corrected chi connectivity index (χ2v) is 7.89. The van der Waals surface area contributed by atoms with Crippen LogP contribution in [0.5, 0.6) is 0 Å². The zero-order valence-corrected chi connectivity index (χ0v) is 16.8. The van der Waals surface area contributed by atoms with Gasteiger partial charge in [-0.1, -0.05) is 55.8 Å². The van der Waals surface area contributed by atoms with Crippen LogP contribution in [0.3, 0.4) is 0 Å². The summed E-state index contributed by atoms with van der Waals surface area (Å²) in [5.41, 5.74) is 3.32. The van der Waals surface area contributed by atoms with Crippen LogP contribution in [-0.4, -0.2) is 19.2 Å². The smallest absolute Gasteiger partial charge is 0.233 e. The van der Waals surface area contributed by atoms with Crippen LogP contribution in [0.2, 0.25) is 5.02 Å². The number of hydrogen-bond donors (Lipinski definition) is 2. The van der Waals surface area contributed by atoms with Gasteiger partial charge in [-0.25, -0.2) is 8.93 Å². The molecule has 2 aromatic carbocycles. The molecule has 2 atom stereocenters. The van der Waals surface area contributed by atoms with Crippen LogP contribution < -0.4 is 4.72 Å². The summed E-state index contributed by atoms with van der Waals surface area (Å²) >= 11 is 4.18. The van der Waals surface area contributed by atoms with Crippen molar-refractivity contribution in [1.29, 1.82) is 0 Å². The summed E-state index contributed by atoms with van der Waals surface area (Å²) in [6.07, 6.45) is 1.74. The monoisotopic (exact) mass is 404 g/mol. The van der Waals surface area contributed by atoms with E-state index in [4.69, 9.17) is 16.2 Å². The van der Waals surface area contributed by atoms with E-state index in [1.807, 2.05) is 56.3 Å². The molecule has 0 bridgehead atoms. The Morgan fingerprint density at radius 2 is 1.89 bits per heavy atom. The molecule has 2 N–H and O–H groups in total. The van der Waals surface area contributed by atoms with Crippen molar-refractivity contribution < 1.29 is 13.6 Å². The van der Waals surface area contributed by atoms with Gasteiger partial charge in [0.1, 0.15) is 0 Å². The van der Waals surface area contributed by atoms with Crippen molar-refractivity contribution in [3.8, 4) is 11.1 Å². The second kappa shape index (κ2) is 7.94. The van der Waals surface area contributed by atoms with Crippen LogP contribution in [0.15, 0.2) is 48.7 Å². The quantitative estimate of drug-likeness (QED) is 0.585. The number of benzene rings is 2. The normalized spacial score (nSPS) is 13.9. The van der Waals surface area contributed by atoms with Gasteiger partial charge in [0, 0.05) is 34.1 Å². The molecule has 1 aromatic heterocycles. The second-order valence-electron chi connectivity index (χ2n) is 6.75. The minimum absolute atomic E-state index is 0.0418. The van der Waals surface area contributed by atoms with Crippen LogP contribution in [0, 0.1) is 5.92 Å². The zero-order chi connectivity index (χ0) is 19.7. The van der Waals surface area contributed by atoms with E-state index in [2.05, 4.69) is 4.72 Å². The Morgan fingerprint density at radius 1 is 1.19 bits per heavy atom. The molecule has 27 heavy (non-hydrogen) atoms. The highest BCUT2D eigenvalue weighted by Gasteiger charge is 2.20. The Labute approximate surface area is 165 Å². The zero-order valence-electron chi connectivity index (χ0n) is 15.3. The number of fused-ring (bicyclic) bond motifs is 1. The van der Waals surface area contributed by atoms with Gasteiger partial charge in [0.2, 0.25) is 17.2 Å². The highest BCUT2D eigenvalue weighted by Crippen LogP contribution is 2.34. The number of hydrogen-bond acceptors (Lipinski definition) is 2. The van der Waals surface area contributed by atoms with Crippen molar-refractivity contribution in [3.05, 3.63) is 59.2 Å². The molecule has 5 nitrogen and oxygen atoms in total. The number of carbonyl (C=O) groups excluding carboxylic acids is 1. The van der Waals surface area contributed by atoms with Crippen molar-refractivity contribution in [2.45, 2.75) is 26.8 Å². The average Bonchev–Trinajstić information content (AvgIpc) is 2.99. The minimum Gasteiger partial charge on any atom is -0.294 e. The molecular weight excluding hydrogens is 384 g/mol. The molecule has 0 spiro atoms. The Kier molecular flexibility index (Phi) is 5.81. The summed E-state index contributed by atoms with van der Waals surface area (Å²) in [6.45, 7) is 5.47. The molecule has 0 radical (unpaired) electrons. The third kappa shape index (κ3) is 3.99. The van der Waals surface area contributed by atoms with Crippen LogP contribution in [0.1, 0.15) is 37.2 Å². The minimum atomic E-state index is -2.15. The number of nitrogens with one attached hydrogen (secondary N) is 1. The van der Waals surface area contributed by atoms with Crippen LogP contribution in [0.25, 0.3) is 22.0 Å². The summed E-state index contributed by atoms with van der Waals surface area (Å²) in [4.78, 5) is 12.7. The van der Waals surface area contributed by atoms with E-state index in [1.54, 1.807) is 17.7 Å². The number of halogens is 1. The average molecular weight is 405 g/mol. The highest BCUT2D eigenvalue weighted by atomic mass is 35.5. The summed E-state index contributed by atoms with van der Waals surface area (Å²) in [7, 11) is 0. The van der Waals surface area contributed by atoms with Crippen molar-refractivity contribution >= 4 is 39.7 Å². The Hall–Kier alpha value is -1.99. The number of carbonyl (C=O) groups is 1. The Bertz CT molecular complexity index is 1030. The van der Waals surface area contributed by atoms with Crippen LogP contribution >= 0.6 is 11.6 Å². The molecule has 142 valence electrons. The van der Waals surface area contributed by atoms with E-state index in [9.17, 15) is 9.00 Å². The van der Waals surface area contributed by atoms with Gasteiger partial charge >= 0.3 is 0 Å². The molecule has 3 aromatic rings. The molecule has 0 amide bonds. The topological polar surface area (TPSA) is 71.3 Å². The summed E-state index contributed by atoms with van der Waals surface area (Å²) in [5, 5.41) is 1.49. The van der Waals surface area contributed by atoms with E-state index in [0.29, 0.717) is 5.02 Å². The predicted molar refractivity (Wildman–Crippen MR) is 110 cm³/mol. The van der Waals surface area contributed by atoms with Crippen LogP contribution in [0.4, 0.5) is 0 Å². The molecule has 1 heterocycles. The van der Waals surface area contributed by atoms with Gasteiger partial charge in [0.05, 0.1) is 5.52 Å². The van der Waals surface area contributed by atoms with Gasteiger partial charge < -0.3 is 0 Å². The van der Waals surface area contributed by atoms with Crippen molar-refractivity contribution in [2.75, 3.05) is 0 Å². The molecule has 7 heteroatoms. The van der Waals surface area contributed by atoms with Gasteiger partial charge in [0.15, 0.2) is 0 Å². The third-order valence-electron chi connectivity index (χ3n) is 4.50. The first-order valence-corrected chi connectivity index (χ1v) is 10.1. The van der Waals surface area contributed by atoms with Crippen molar-refractivity contribution in [3.63, 3.8) is 0 Å². The summed E-state index contributed by atoms with van der Waals surface area (Å²) in [5.74, 6) is -0.229. The highest BCUT2D eigenvalue weighted by molar-refractivity contribution is 7.77.